The van der Waals surface area contributed by atoms with Gasteiger partial charge >= 0.3 is 5.97 Å². The summed E-state index contributed by atoms with van der Waals surface area (Å²) in [6.07, 6.45) is 2.16. The number of carboxylic acids is 1. The minimum atomic E-state index is -1.11. The molecule has 1 aromatic rings. The first-order valence-corrected chi connectivity index (χ1v) is 7.07. The number of H-pyrrole nitrogens is 1. The summed E-state index contributed by atoms with van der Waals surface area (Å²) >= 11 is 1.49. The van der Waals surface area contributed by atoms with Crippen molar-refractivity contribution in [1.82, 2.24) is 10.3 Å². The maximum Gasteiger partial charge on any atom is 0.326 e. The summed E-state index contributed by atoms with van der Waals surface area (Å²) in [4.78, 5) is 36.9. The number of rotatable bonds is 6. The summed E-state index contributed by atoms with van der Waals surface area (Å²) in [6, 6.07) is 1.99. The number of aliphatic carboxylic acids is 1. The lowest BCUT2D eigenvalue weighted by Gasteiger charge is -2.13. The van der Waals surface area contributed by atoms with Crippen molar-refractivity contribution in [3.63, 3.8) is 0 Å². The molecule has 0 radical (unpaired) electrons. The molecule has 1 aromatic heterocycles. The van der Waals surface area contributed by atoms with Gasteiger partial charge in [-0.15, -0.1) is 0 Å². The Balaban J connectivity index is 2.81. The summed E-state index contributed by atoms with van der Waals surface area (Å²) < 4.78 is 0. The molecule has 0 aliphatic carbocycles. The first kappa shape index (κ1) is 15.3. The van der Waals surface area contributed by atoms with E-state index in [0.717, 1.165) is 0 Å². The highest BCUT2D eigenvalue weighted by Gasteiger charge is 2.21. The van der Waals surface area contributed by atoms with Crippen molar-refractivity contribution in [2.45, 2.75) is 19.4 Å². The average molecular weight is 284 g/mol. The van der Waals surface area contributed by atoms with Crippen molar-refractivity contribution in [3.8, 4) is 0 Å². The molecule has 0 aromatic carbocycles. The molecular formula is C12H16N2O4S. The van der Waals surface area contributed by atoms with Gasteiger partial charge in [0.1, 0.15) is 11.6 Å². The van der Waals surface area contributed by atoms with Crippen molar-refractivity contribution in [2.75, 3.05) is 12.0 Å². The molecule has 0 bridgehead atoms. The summed E-state index contributed by atoms with van der Waals surface area (Å²) in [7, 11) is 0. The Labute approximate surface area is 114 Å². The second-order valence-corrected chi connectivity index (χ2v) is 5.02. The number of carbonyl (C=O) groups is 2. The minimum absolute atomic E-state index is 0.0824. The molecule has 0 saturated heterocycles. The van der Waals surface area contributed by atoms with Crippen molar-refractivity contribution < 1.29 is 14.7 Å². The second kappa shape index (κ2) is 6.98. The van der Waals surface area contributed by atoms with E-state index in [1.54, 1.807) is 13.0 Å². The number of nitrogens with one attached hydrogen (secondary N) is 2. The molecule has 0 aliphatic rings. The van der Waals surface area contributed by atoms with Crippen LogP contribution in [-0.4, -0.2) is 40.0 Å². The summed E-state index contributed by atoms with van der Waals surface area (Å²) in [5, 5.41) is 11.4. The lowest BCUT2D eigenvalue weighted by Crippen LogP contribution is -2.42. The van der Waals surface area contributed by atoms with E-state index in [0.29, 0.717) is 17.9 Å². The highest BCUT2D eigenvalue weighted by atomic mass is 32.2. The molecule has 104 valence electrons. The van der Waals surface area contributed by atoms with Crippen LogP contribution in [0.3, 0.4) is 0 Å². The topological polar surface area (TPSA) is 99.3 Å². The summed E-state index contributed by atoms with van der Waals surface area (Å²) in [6.45, 7) is 1.70. The molecule has 0 fully saturated rings. The number of aromatic nitrogens is 1. The molecule has 1 amide bonds. The fourth-order valence-electron chi connectivity index (χ4n) is 1.48. The molecule has 1 rings (SSSR count). The number of carboxylic acid groups (broad SMARTS) is 1. The smallest absolute Gasteiger partial charge is 0.326 e. The van der Waals surface area contributed by atoms with Gasteiger partial charge in [0.25, 0.3) is 11.5 Å². The Kier molecular flexibility index (Phi) is 5.62. The third kappa shape index (κ3) is 4.44. The number of amides is 1. The number of hydrogen-bond acceptors (Lipinski definition) is 4. The van der Waals surface area contributed by atoms with Crippen LogP contribution in [0, 0.1) is 6.92 Å². The predicted molar refractivity (Wildman–Crippen MR) is 73.7 cm³/mol. The molecule has 19 heavy (non-hydrogen) atoms. The number of aromatic amines is 1. The van der Waals surface area contributed by atoms with Gasteiger partial charge in [-0.3, -0.25) is 9.59 Å². The maximum absolute atomic E-state index is 11.9. The molecular weight excluding hydrogens is 268 g/mol. The van der Waals surface area contributed by atoms with E-state index in [9.17, 15) is 14.4 Å². The van der Waals surface area contributed by atoms with Gasteiger partial charge in [-0.25, -0.2) is 4.79 Å². The second-order valence-electron chi connectivity index (χ2n) is 4.03. The quantitative estimate of drug-likeness (QED) is 0.711. The Hall–Kier alpha value is -1.76. The van der Waals surface area contributed by atoms with Gasteiger partial charge in [-0.1, -0.05) is 0 Å². The van der Waals surface area contributed by atoms with E-state index in [2.05, 4.69) is 10.3 Å². The predicted octanol–water partition coefficient (Wildman–Crippen LogP) is 0.619. The van der Waals surface area contributed by atoms with Crippen molar-refractivity contribution >= 4 is 23.6 Å². The number of hydrogen-bond donors (Lipinski definition) is 3. The Morgan fingerprint density at radius 3 is 2.68 bits per heavy atom. The van der Waals surface area contributed by atoms with Gasteiger partial charge in [0, 0.05) is 5.69 Å². The van der Waals surface area contributed by atoms with E-state index in [1.807, 2.05) is 6.26 Å². The zero-order valence-corrected chi connectivity index (χ0v) is 11.5. The number of thioether (sulfide) groups is 1. The van der Waals surface area contributed by atoms with Crippen LogP contribution in [0.25, 0.3) is 0 Å². The van der Waals surface area contributed by atoms with Crippen molar-refractivity contribution in [1.29, 1.82) is 0 Å². The monoisotopic (exact) mass is 284 g/mol. The van der Waals surface area contributed by atoms with Gasteiger partial charge < -0.3 is 15.4 Å². The molecule has 3 N–H and O–H groups in total. The minimum Gasteiger partial charge on any atom is -0.480 e. The van der Waals surface area contributed by atoms with E-state index in [-0.39, 0.29) is 5.56 Å². The van der Waals surface area contributed by atoms with Crippen LogP contribution in [0.2, 0.25) is 0 Å². The van der Waals surface area contributed by atoms with Crippen LogP contribution in [0.1, 0.15) is 22.5 Å². The van der Waals surface area contributed by atoms with Gasteiger partial charge in [-0.05, 0) is 37.5 Å². The SMILES string of the molecule is CSCC[C@H](NC(=O)c1ccc(C)[nH]c1=O)C(=O)O. The lowest BCUT2D eigenvalue weighted by atomic mass is 10.2. The third-order valence-corrected chi connectivity index (χ3v) is 3.16. The normalized spacial score (nSPS) is 11.9. The fraction of sp³-hybridized carbons (Fsp3) is 0.417. The van der Waals surface area contributed by atoms with Gasteiger partial charge in [0.05, 0.1) is 0 Å². The first-order valence-electron chi connectivity index (χ1n) is 5.68. The Morgan fingerprint density at radius 1 is 1.47 bits per heavy atom. The Morgan fingerprint density at radius 2 is 2.16 bits per heavy atom. The molecule has 0 spiro atoms. The van der Waals surface area contributed by atoms with Crippen LogP contribution < -0.4 is 10.9 Å². The number of pyridine rings is 1. The third-order valence-electron chi connectivity index (χ3n) is 2.51. The van der Waals surface area contributed by atoms with Crippen molar-refractivity contribution in [2.24, 2.45) is 0 Å². The maximum atomic E-state index is 11.9. The number of aryl methyl sites for hydroxylation is 1. The average Bonchev–Trinajstić information content (AvgIpc) is 2.33. The molecule has 0 unspecified atom stereocenters. The van der Waals surface area contributed by atoms with E-state index >= 15 is 0 Å². The molecule has 1 heterocycles. The van der Waals surface area contributed by atoms with Gasteiger partial charge in [-0.2, -0.15) is 11.8 Å². The highest BCUT2D eigenvalue weighted by Crippen LogP contribution is 2.02. The zero-order chi connectivity index (χ0) is 14.4. The van der Waals surface area contributed by atoms with E-state index in [4.69, 9.17) is 5.11 Å². The summed E-state index contributed by atoms with van der Waals surface area (Å²) in [5.74, 6) is -1.16. The number of carbonyl (C=O) groups excluding carboxylic acids is 1. The van der Waals surface area contributed by atoms with Crippen LogP contribution in [-0.2, 0) is 4.79 Å². The van der Waals surface area contributed by atoms with Crippen LogP contribution in [0.4, 0.5) is 0 Å². The summed E-state index contributed by atoms with van der Waals surface area (Å²) in [5.41, 5.74) is 0.0335. The standard InChI is InChI=1S/C12H16N2O4S/c1-7-3-4-8(10(15)13-7)11(16)14-9(12(17)18)5-6-19-2/h3-4,9H,5-6H2,1-2H3,(H,13,15)(H,14,16)(H,17,18)/t9-/m0/s1. The van der Waals surface area contributed by atoms with Crippen molar-refractivity contribution in [3.05, 3.63) is 33.7 Å². The van der Waals surface area contributed by atoms with Gasteiger partial charge in [0.2, 0.25) is 0 Å². The van der Waals surface area contributed by atoms with Crippen LogP contribution in [0.5, 0.6) is 0 Å². The fourth-order valence-corrected chi connectivity index (χ4v) is 1.95. The first-order chi connectivity index (χ1) is 8.95. The zero-order valence-electron chi connectivity index (χ0n) is 10.7. The molecule has 6 nitrogen and oxygen atoms in total. The molecule has 0 saturated carbocycles. The molecule has 0 aliphatic heterocycles. The largest absolute Gasteiger partial charge is 0.480 e. The molecule has 7 heteroatoms. The molecule has 1 atom stereocenters. The van der Waals surface area contributed by atoms with E-state index < -0.39 is 23.5 Å². The van der Waals surface area contributed by atoms with Crippen LogP contribution >= 0.6 is 11.8 Å². The highest BCUT2D eigenvalue weighted by molar-refractivity contribution is 7.98. The lowest BCUT2D eigenvalue weighted by molar-refractivity contribution is -0.139. The van der Waals surface area contributed by atoms with E-state index in [1.165, 1.54) is 17.8 Å². The Bertz CT molecular complexity index is 527. The van der Waals surface area contributed by atoms with Crippen LogP contribution in [0.15, 0.2) is 16.9 Å². The van der Waals surface area contributed by atoms with Gasteiger partial charge in [0.15, 0.2) is 0 Å².